The molecule has 0 heterocycles. The van der Waals surface area contributed by atoms with Gasteiger partial charge in [-0.2, -0.15) is 0 Å². The van der Waals surface area contributed by atoms with Gasteiger partial charge in [-0.1, -0.05) is 15.9 Å². The minimum absolute atomic E-state index is 0.00734. The highest BCUT2D eigenvalue weighted by molar-refractivity contribution is 9.10. The van der Waals surface area contributed by atoms with Crippen LogP contribution in [0.4, 0.5) is 5.69 Å². The van der Waals surface area contributed by atoms with Gasteiger partial charge in [0.2, 0.25) is 0 Å². The lowest BCUT2D eigenvalue weighted by Gasteiger charge is -2.13. The highest BCUT2D eigenvalue weighted by Crippen LogP contribution is 2.30. The summed E-state index contributed by atoms with van der Waals surface area (Å²) in [6.45, 7) is 1.58. The van der Waals surface area contributed by atoms with Gasteiger partial charge in [0.1, 0.15) is 0 Å². The Hall–Kier alpha value is -1.36. The van der Waals surface area contributed by atoms with E-state index in [2.05, 4.69) is 21.2 Å². The van der Waals surface area contributed by atoms with Gasteiger partial charge < -0.3 is 10.1 Å². The van der Waals surface area contributed by atoms with E-state index in [1.165, 1.54) is 0 Å². The average molecular weight is 312 g/mol. The molecule has 1 aromatic carbocycles. The van der Waals surface area contributed by atoms with E-state index < -0.39 is 6.10 Å². The van der Waals surface area contributed by atoms with Crippen molar-refractivity contribution in [3.63, 3.8) is 0 Å². The fraction of sp³-hybridized carbons (Fsp3) is 0.385. The number of hydrogen-bond donors (Lipinski definition) is 1. The van der Waals surface area contributed by atoms with Crippen molar-refractivity contribution < 1.29 is 14.3 Å². The Morgan fingerprint density at radius 2 is 1.94 bits per heavy atom. The minimum atomic E-state index is -0.762. The second kappa shape index (κ2) is 5.52. The van der Waals surface area contributed by atoms with Crippen LogP contribution in [0.1, 0.15) is 19.8 Å². The van der Waals surface area contributed by atoms with Gasteiger partial charge in [-0.05, 0) is 44.0 Å². The van der Waals surface area contributed by atoms with Crippen LogP contribution in [0.3, 0.4) is 0 Å². The number of benzene rings is 1. The summed E-state index contributed by atoms with van der Waals surface area (Å²) in [5, 5.41) is 2.70. The van der Waals surface area contributed by atoms with E-state index in [1.54, 1.807) is 19.1 Å². The van der Waals surface area contributed by atoms with E-state index in [-0.39, 0.29) is 17.8 Å². The van der Waals surface area contributed by atoms with Crippen LogP contribution in [0.2, 0.25) is 0 Å². The van der Waals surface area contributed by atoms with Crippen molar-refractivity contribution in [1.82, 2.24) is 0 Å². The van der Waals surface area contributed by atoms with Gasteiger partial charge in [-0.15, -0.1) is 0 Å². The molecule has 1 aliphatic rings. The molecule has 5 heteroatoms. The number of amides is 1. The predicted octanol–water partition coefficient (Wildman–Crippen LogP) is 2.73. The first-order valence-corrected chi connectivity index (χ1v) is 6.62. The fourth-order valence-corrected chi connectivity index (χ4v) is 1.68. The molecule has 0 unspecified atom stereocenters. The Morgan fingerprint density at radius 3 is 2.50 bits per heavy atom. The summed E-state index contributed by atoms with van der Waals surface area (Å²) in [6, 6.07) is 7.21. The predicted molar refractivity (Wildman–Crippen MR) is 71.0 cm³/mol. The van der Waals surface area contributed by atoms with Gasteiger partial charge in [-0.3, -0.25) is 9.59 Å². The third-order valence-corrected chi connectivity index (χ3v) is 3.21. The van der Waals surface area contributed by atoms with Crippen LogP contribution in [-0.2, 0) is 14.3 Å². The second-order valence-electron chi connectivity index (χ2n) is 4.35. The number of anilines is 1. The van der Waals surface area contributed by atoms with E-state index >= 15 is 0 Å². The number of hydrogen-bond acceptors (Lipinski definition) is 3. The van der Waals surface area contributed by atoms with Gasteiger partial charge in [-0.25, -0.2) is 0 Å². The zero-order valence-electron chi connectivity index (χ0n) is 9.98. The van der Waals surface area contributed by atoms with Crippen molar-refractivity contribution in [3.8, 4) is 0 Å². The van der Waals surface area contributed by atoms with Gasteiger partial charge in [0, 0.05) is 10.2 Å². The van der Waals surface area contributed by atoms with Crippen LogP contribution in [0, 0.1) is 5.92 Å². The molecule has 1 aromatic rings. The molecule has 0 saturated heterocycles. The van der Waals surface area contributed by atoms with E-state index in [9.17, 15) is 9.59 Å². The highest BCUT2D eigenvalue weighted by Gasteiger charge is 2.33. The third kappa shape index (κ3) is 3.57. The summed E-state index contributed by atoms with van der Waals surface area (Å²) in [7, 11) is 0. The quantitative estimate of drug-likeness (QED) is 0.870. The molecule has 0 spiro atoms. The van der Waals surface area contributed by atoms with Crippen molar-refractivity contribution in [1.29, 1.82) is 0 Å². The van der Waals surface area contributed by atoms with Crippen molar-refractivity contribution in [3.05, 3.63) is 28.7 Å². The van der Waals surface area contributed by atoms with Crippen molar-refractivity contribution in [2.45, 2.75) is 25.9 Å². The van der Waals surface area contributed by atoms with Gasteiger partial charge in [0.15, 0.2) is 6.10 Å². The molecular formula is C13H14BrNO3. The Labute approximate surface area is 114 Å². The van der Waals surface area contributed by atoms with Gasteiger partial charge in [0.05, 0.1) is 5.92 Å². The van der Waals surface area contributed by atoms with Gasteiger partial charge >= 0.3 is 5.97 Å². The molecule has 0 bridgehead atoms. The fourth-order valence-electron chi connectivity index (χ4n) is 1.42. The smallest absolute Gasteiger partial charge is 0.309 e. The maximum absolute atomic E-state index is 11.8. The number of ether oxygens (including phenoxy) is 1. The number of nitrogens with one attached hydrogen (secondary N) is 1. The molecule has 18 heavy (non-hydrogen) atoms. The van der Waals surface area contributed by atoms with E-state index in [0.29, 0.717) is 5.69 Å². The van der Waals surface area contributed by atoms with Crippen LogP contribution >= 0.6 is 15.9 Å². The van der Waals surface area contributed by atoms with E-state index in [4.69, 9.17) is 4.74 Å². The maximum Gasteiger partial charge on any atom is 0.309 e. The van der Waals surface area contributed by atoms with Crippen LogP contribution in [0.5, 0.6) is 0 Å². The van der Waals surface area contributed by atoms with Gasteiger partial charge in [0.25, 0.3) is 5.91 Å². The molecule has 0 aliphatic heterocycles. The van der Waals surface area contributed by atoms with E-state index in [1.807, 2.05) is 12.1 Å². The Bertz CT molecular complexity index is 454. The summed E-state index contributed by atoms with van der Waals surface area (Å²) in [5.41, 5.74) is 0.678. The monoisotopic (exact) mass is 311 g/mol. The molecule has 0 aromatic heterocycles. The topological polar surface area (TPSA) is 55.4 Å². The molecule has 4 nitrogen and oxygen atoms in total. The number of halogens is 1. The molecular weight excluding hydrogens is 298 g/mol. The number of carbonyl (C=O) groups is 2. The van der Waals surface area contributed by atoms with Crippen molar-refractivity contribution >= 4 is 33.5 Å². The van der Waals surface area contributed by atoms with Crippen LogP contribution in [0.15, 0.2) is 28.7 Å². The SMILES string of the molecule is C[C@H](OC(=O)C1CC1)C(=O)Nc1ccc(Br)cc1. The number of esters is 1. The van der Waals surface area contributed by atoms with Crippen molar-refractivity contribution in [2.75, 3.05) is 5.32 Å². The lowest BCUT2D eigenvalue weighted by atomic mass is 10.3. The van der Waals surface area contributed by atoms with Crippen molar-refractivity contribution in [2.24, 2.45) is 5.92 Å². The third-order valence-electron chi connectivity index (χ3n) is 2.68. The molecule has 1 amide bonds. The molecule has 1 atom stereocenters. The number of rotatable bonds is 4. The summed E-state index contributed by atoms with van der Waals surface area (Å²) in [5.74, 6) is -0.576. The highest BCUT2D eigenvalue weighted by atomic mass is 79.9. The zero-order chi connectivity index (χ0) is 13.1. The summed E-state index contributed by atoms with van der Waals surface area (Å²) in [6.07, 6.45) is 0.987. The molecule has 0 radical (unpaired) electrons. The summed E-state index contributed by atoms with van der Waals surface area (Å²) in [4.78, 5) is 23.2. The first-order chi connectivity index (χ1) is 8.56. The van der Waals surface area contributed by atoms with Crippen LogP contribution < -0.4 is 5.32 Å². The van der Waals surface area contributed by atoms with Crippen LogP contribution in [-0.4, -0.2) is 18.0 Å². The molecule has 96 valence electrons. The van der Waals surface area contributed by atoms with Crippen LogP contribution in [0.25, 0.3) is 0 Å². The first kappa shape index (κ1) is 13.1. The standard InChI is InChI=1S/C13H14BrNO3/c1-8(18-13(17)9-2-3-9)12(16)15-11-6-4-10(14)5-7-11/h4-9H,2-3H2,1H3,(H,15,16)/t8-/m0/s1. The Morgan fingerprint density at radius 1 is 1.33 bits per heavy atom. The normalized spacial score (nSPS) is 15.9. The average Bonchev–Trinajstić information content (AvgIpc) is 3.16. The Kier molecular flexibility index (Phi) is 4.01. The lowest BCUT2D eigenvalue weighted by Crippen LogP contribution is -2.30. The molecule has 2 rings (SSSR count). The first-order valence-electron chi connectivity index (χ1n) is 5.83. The molecule has 1 aliphatic carbocycles. The molecule has 1 N–H and O–H groups in total. The Balaban J connectivity index is 1.86. The minimum Gasteiger partial charge on any atom is -0.452 e. The summed E-state index contributed by atoms with van der Waals surface area (Å²) < 4.78 is 6.01. The molecule has 1 fully saturated rings. The lowest BCUT2D eigenvalue weighted by molar-refractivity contribution is -0.154. The maximum atomic E-state index is 11.8. The summed E-state index contributed by atoms with van der Waals surface area (Å²) >= 11 is 3.31. The zero-order valence-corrected chi connectivity index (χ0v) is 11.6. The molecule has 1 saturated carbocycles. The largest absolute Gasteiger partial charge is 0.452 e. The second-order valence-corrected chi connectivity index (χ2v) is 5.27. The number of carbonyl (C=O) groups excluding carboxylic acids is 2. The van der Waals surface area contributed by atoms with E-state index in [0.717, 1.165) is 17.3 Å².